The predicted octanol–water partition coefficient (Wildman–Crippen LogP) is 2.57. The lowest BCUT2D eigenvalue weighted by Crippen LogP contribution is -2.43. The van der Waals surface area contributed by atoms with Crippen molar-refractivity contribution in [1.82, 2.24) is 63.7 Å². The minimum atomic E-state index is -3.90. The van der Waals surface area contributed by atoms with Gasteiger partial charge in [0.25, 0.3) is 15.9 Å². The molecule has 1 aliphatic heterocycles. The van der Waals surface area contributed by atoms with Crippen LogP contribution in [0.5, 0.6) is 0 Å². The zero-order chi connectivity index (χ0) is 35.7. The van der Waals surface area contributed by atoms with Gasteiger partial charge in [0.2, 0.25) is 5.95 Å². The van der Waals surface area contributed by atoms with Gasteiger partial charge in [-0.1, -0.05) is 12.1 Å². The van der Waals surface area contributed by atoms with Crippen molar-refractivity contribution in [2.24, 2.45) is 0 Å². The van der Waals surface area contributed by atoms with Crippen LogP contribution < -0.4 is 10.6 Å². The van der Waals surface area contributed by atoms with Crippen molar-refractivity contribution in [1.29, 1.82) is 0 Å². The standard InChI is InChI=1S/C33H31N15O3S/c1-45-10-12-46(13-11-45)18-22-2-4-24(5-3-22)42-32(49)29-28(17-40-44-29)43-30-26-8-9-47(31(26)39-20-38-30)33-36-14-23(15-37-33)27-7-6-25(16-35-27)52(50,51)48-21-34-19-41-48/h2-9,14-17,19-21H,10-13,18H2,1H3,(H,40,44)(H,42,49)(H,38,39,43). The minimum absolute atomic E-state index is 0.0350. The Balaban J connectivity index is 0.947. The lowest BCUT2D eigenvalue weighted by Gasteiger charge is -2.32. The van der Waals surface area contributed by atoms with E-state index < -0.39 is 10.0 Å². The molecule has 6 aromatic heterocycles. The Hall–Kier alpha value is -6.44. The average molecular weight is 718 g/mol. The predicted molar refractivity (Wildman–Crippen MR) is 189 cm³/mol. The third-order valence-electron chi connectivity index (χ3n) is 8.63. The number of rotatable bonds is 10. The molecule has 1 aliphatic rings. The summed E-state index contributed by atoms with van der Waals surface area (Å²) in [5.74, 6) is 0.411. The van der Waals surface area contributed by atoms with E-state index in [4.69, 9.17) is 0 Å². The molecule has 262 valence electrons. The van der Waals surface area contributed by atoms with Gasteiger partial charge >= 0.3 is 0 Å². The number of hydrogen-bond donors (Lipinski definition) is 3. The van der Waals surface area contributed by atoms with Gasteiger partial charge in [0.1, 0.15) is 29.7 Å². The van der Waals surface area contributed by atoms with Gasteiger partial charge in [-0.05, 0) is 42.9 Å². The molecule has 0 atom stereocenters. The van der Waals surface area contributed by atoms with Crippen LogP contribution in [0.25, 0.3) is 28.2 Å². The molecule has 0 aliphatic carbocycles. The van der Waals surface area contributed by atoms with Gasteiger partial charge in [0.15, 0.2) is 11.3 Å². The van der Waals surface area contributed by atoms with E-state index in [1.807, 2.05) is 30.3 Å². The highest BCUT2D eigenvalue weighted by Gasteiger charge is 2.20. The molecule has 18 nitrogen and oxygen atoms in total. The Labute approximate surface area is 296 Å². The number of anilines is 3. The van der Waals surface area contributed by atoms with E-state index in [0.717, 1.165) is 49.5 Å². The van der Waals surface area contributed by atoms with E-state index >= 15 is 0 Å². The number of piperazine rings is 1. The molecule has 52 heavy (non-hydrogen) atoms. The minimum Gasteiger partial charge on any atom is -0.336 e. The Morgan fingerprint density at radius 1 is 0.904 bits per heavy atom. The molecular formula is C33H31N15O3S. The highest BCUT2D eigenvalue weighted by atomic mass is 32.2. The highest BCUT2D eigenvalue weighted by molar-refractivity contribution is 7.89. The van der Waals surface area contributed by atoms with Crippen molar-refractivity contribution >= 4 is 44.2 Å². The van der Waals surface area contributed by atoms with Crippen LogP contribution in [0.4, 0.5) is 17.2 Å². The van der Waals surface area contributed by atoms with E-state index in [2.05, 4.69) is 72.7 Å². The number of aromatic nitrogens is 11. The number of nitrogens with zero attached hydrogens (tertiary/aromatic N) is 12. The third-order valence-corrected chi connectivity index (χ3v) is 10.1. The van der Waals surface area contributed by atoms with Crippen LogP contribution in [0.15, 0.2) is 97.3 Å². The van der Waals surface area contributed by atoms with E-state index in [1.165, 1.54) is 24.2 Å². The quantitative estimate of drug-likeness (QED) is 0.186. The van der Waals surface area contributed by atoms with Crippen LogP contribution in [0.2, 0.25) is 0 Å². The molecule has 0 radical (unpaired) electrons. The number of likely N-dealkylation sites (N-methyl/N-ethyl adjacent to an activating group) is 1. The van der Waals surface area contributed by atoms with Crippen molar-refractivity contribution in [2.45, 2.75) is 11.4 Å². The van der Waals surface area contributed by atoms with Crippen molar-refractivity contribution in [2.75, 3.05) is 43.9 Å². The van der Waals surface area contributed by atoms with Crippen molar-refractivity contribution in [3.8, 4) is 17.2 Å². The molecule has 3 N–H and O–H groups in total. The molecule has 0 spiro atoms. The summed E-state index contributed by atoms with van der Waals surface area (Å²) in [6.45, 7) is 5.06. The summed E-state index contributed by atoms with van der Waals surface area (Å²) >= 11 is 0. The molecule has 0 saturated carbocycles. The summed E-state index contributed by atoms with van der Waals surface area (Å²) in [7, 11) is -1.76. The van der Waals surface area contributed by atoms with Crippen LogP contribution in [-0.2, 0) is 16.6 Å². The first kappa shape index (κ1) is 32.7. The third kappa shape index (κ3) is 6.57. The van der Waals surface area contributed by atoms with Gasteiger partial charge < -0.3 is 15.5 Å². The first-order chi connectivity index (χ1) is 25.3. The maximum absolute atomic E-state index is 13.3. The first-order valence-corrected chi connectivity index (χ1v) is 17.6. The average Bonchev–Trinajstić information content (AvgIpc) is 3.96. The van der Waals surface area contributed by atoms with Gasteiger partial charge in [-0.25, -0.2) is 24.9 Å². The molecule has 19 heteroatoms. The second kappa shape index (κ2) is 13.7. The molecule has 7 heterocycles. The summed E-state index contributed by atoms with van der Waals surface area (Å²) in [6, 6.07) is 12.7. The zero-order valence-electron chi connectivity index (χ0n) is 27.7. The summed E-state index contributed by atoms with van der Waals surface area (Å²) in [4.78, 5) is 43.8. The molecule has 7 aromatic rings. The molecule has 0 unspecified atom stereocenters. The van der Waals surface area contributed by atoms with Crippen LogP contribution in [0, 0.1) is 0 Å². The highest BCUT2D eigenvalue weighted by Crippen LogP contribution is 2.27. The second-order valence-electron chi connectivity index (χ2n) is 12.1. The van der Waals surface area contributed by atoms with Gasteiger partial charge in [-0.3, -0.25) is 24.3 Å². The topological polar surface area (TPSA) is 211 Å². The monoisotopic (exact) mass is 717 g/mol. The van der Waals surface area contributed by atoms with Crippen molar-refractivity contribution < 1.29 is 13.2 Å². The summed E-state index contributed by atoms with van der Waals surface area (Å²) in [5.41, 5.74) is 4.04. The van der Waals surface area contributed by atoms with E-state index in [-0.39, 0.29) is 16.5 Å². The summed E-state index contributed by atoms with van der Waals surface area (Å²) < 4.78 is 27.8. The number of amides is 1. The van der Waals surface area contributed by atoms with Crippen LogP contribution in [-0.4, -0.2) is 111 Å². The lowest BCUT2D eigenvalue weighted by molar-refractivity contribution is 0.102. The van der Waals surface area contributed by atoms with Gasteiger partial charge in [0, 0.05) is 75.0 Å². The number of nitrogens with one attached hydrogen (secondary N) is 3. The SMILES string of the molecule is CN1CCN(Cc2ccc(NC(=O)c3n[nH]cc3Nc3ncnc4c3ccn4-c3ncc(-c4ccc(S(=O)(=O)n5cncn5)cn4)cn3)cc2)CC1. The van der Waals surface area contributed by atoms with Crippen molar-refractivity contribution in [3.63, 3.8) is 0 Å². The molecular weight excluding hydrogens is 687 g/mol. The van der Waals surface area contributed by atoms with E-state index in [0.29, 0.717) is 45.4 Å². The number of H-pyrrole nitrogens is 1. The summed E-state index contributed by atoms with van der Waals surface area (Å²) in [6.07, 6.45) is 11.4. The maximum Gasteiger partial charge on any atom is 0.285 e. The Morgan fingerprint density at radius 2 is 1.71 bits per heavy atom. The van der Waals surface area contributed by atoms with Gasteiger partial charge in [-0.15, -0.1) is 9.19 Å². The van der Waals surface area contributed by atoms with Gasteiger partial charge in [-0.2, -0.15) is 13.5 Å². The number of benzene rings is 1. The number of carbonyl (C=O) groups is 1. The fraction of sp³-hybridized carbons (Fsp3) is 0.182. The molecule has 1 saturated heterocycles. The second-order valence-corrected chi connectivity index (χ2v) is 13.9. The van der Waals surface area contributed by atoms with E-state index in [9.17, 15) is 13.2 Å². The van der Waals surface area contributed by atoms with Crippen LogP contribution >= 0.6 is 0 Å². The number of fused-ring (bicyclic) bond motifs is 1. The summed E-state index contributed by atoms with van der Waals surface area (Å²) in [5, 5.41) is 17.4. The normalized spacial score (nSPS) is 14.1. The fourth-order valence-electron chi connectivity index (χ4n) is 5.76. The molecule has 8 rings (SSSR count). The molecule has 1 amide bonds. The number of pyridine rings is 1. The fourth-order valence-corrected chi connectivity index (χ4v) is 6.74. The Kier molecular flexibility index (Phi) is 8.63. The smallest absolute Gasteiger partial charge is 0.285 e. The molecule has 0 bridgehead atoms. The van der Waals surface area contributed by atoms with Crippen molar-refractivity contribution in [3.05, 3.63) is 104 Å². The number of hydrogen-bond acceptors (Lipinski definition) is 14. The van der Waals surface area contributed by atoms with Gasteiger partial charge in [0.05, 0.1) is 16.8 Å². The first-order valence-electron chi connectivity index (χ1n) is 16.1. The molecule has 1 aromatic carbocycles. The molecule has 1 fully saturated rings. The van der Waals surface area contributed by atoms with Crippen LogP contribution in [0.1, 0.15) is 16.1 Å². The Bertz CT molecular complexity index is 2440. The van der Waals surface area contributed by atoms with E-state index in [1.54, 1.807) is 35.4 Å². The lowest BCUT2D eigenvalue weighted by atomic mass is 10.1. The zero-order valence-corrected chi connectivity index (χ0v) is 28.5. The number of carbonyl (C=O) groups excluding carboxylic acids is 1. The maximum atomic E-state index is 13.3. The van der Waals surface area contributed by atoms with Crippen LogP contribution in [0.3, 0.4) is 0 Å². The largest absolute Gasteiger partial charge is 0.336 e. The number of aromatic amines is 1. The Morgan fingerprint density at radius 3 is 2.44 bits per heavy atom.